The van der Waals surface area contributed by atoms with Gasteiger partial charge in [0.2, 0.25) is 5.91 Å². The molecule has 0 aliphatic carbocycles. The first-order chi connectivity index (χ1) is 7.06. The maximum atomic E-state index is 11.7. The fraction of sp³-hybridized carbons (Fsp3) is 0.750. The Morgan fingerprint density at radius 2 is 2.07 bits per heavy atom. The van der Waals surface area contributed by atoms with Crippen LogP contribution in [0.15, 0.2) is 0 Å². The minimum Gasteiger partial charge on any atom is -0.351 e. The molecule has 0 saturated carbocycles. The lowest BCUT2D eigenvalue weighted by atomic mass is 9.99. The van der Waals surface area contributed by atoms with Crippen molar-refractivity contribution in [2.45, 2.75) is 52.1 Å². The van der Waals surface area contributed by atoms with Gasteiger partial charge in [0.15, 0.2) is 0 Å². The topological polar surface area (TPSA) is 55.1 Å². The smallest absolute Gasteiger partial charge is 0.237 e. The van der Waals surface area contributed by atoms with Gasteiger partial charge < -0.3 is 11.1 Å². The van der Waals surface area contributed by atoms with Crippen molar-refractivity contribution in [3.05, 3.63) is 0 Å². The van der Waals surface area contributed by atoms with Crippen molar-refractivity contribution in [3.63, 3.8) is 0 Å². The van der Waals surface area contributed by atoms with E-state index in [1.54, 1.807) is 0 Å². The van der Waals surface area contributed by atoms with Crippen LogP contribution >= 0.6 is 0 Å². The summed E-state index contributed by atoms with van der Waals surface area (Å²) in [5, 5.41) is 2.88. The van der Waals surface area contributed by atoms with Gasteiger partial charge >= 0.3 is 0 Å². The summed E-state index contributed by atoms with van der Waals surface area (Å²) in [4.78, 5) is 11.7. The summed E-state index contributed by atoms with van der Waals surface area (Å²) >= 11 is 0. The lowest BCUT2D eigenvalue weighted by molar-refractivity contribution is -0.124. The molecule has 0 aliphatic rings. The molecule has 15 heavy (non-hydrogen) atoms. The number of nitrogens with two attached hydrogens (primary N) is 1. The van der Waals surface area contributed by atoms with Gasteiger partial charge in [0.05, 0.1) is 6.04 Å². The molecule has 0 spiro atoms. The van der Waals surface area contributed by atoms with Crippen LogP contribution in [0.5, 0.6) is 0 Å². The van der Waals surface area contributed by atoms with Gasteiger partial charge in [-0.05, 0) is 12.3 Å². The molecular weight excluding hydrogens is 188 g/mol. The summed E-state index contributed by atoms with van der Waals surface area (Å²) in [7, 11) is 0. The first kappa shape index (κ1) is 14.0. The molecule has 1 amide bonds. The third-order valence-electron chi connectivity index (χ3n) is 2.76. The van der Waals surface area contributed by atoms with E-state index in [2.05, 4.69) is 11.2 Å². The third kappa shape index (κ3) is 4.85. The second-order valence-electron chi connectivity index (χ2n) is 3.93. The Balaban J connectivity index is 4.16. The molecule has 0 fully saturated rings. The molecular formula is C12H22N2O. The second kappa shape index (κ2) is 7.30. The van der Waals surface area contributed by atoms with Gasteiger partial charge in [0.25, 0.3) is 0 Å². The van der Waals surface area contributed by atoms with E-state index in [-0.39, 0.29) is 17.9 Å². The highest BCUT2D eigenvalue weighted by atomic mass is 16.2. The fourth-order valence-corrected chi connectivity index (χ4v) is 1.25. The van der Waals surface area contributed by atoms with Crippen molar-refractivity contribution in [2.24, 2.45) is 11.7 Å². The summed E-state index contributed by atoms with van der Waals surface area (Å²) < 4.78 is 0. The highest BCUT2D eigenvalue weighted by Gasteiger charge is 2.20. The SMILES string of the molecule is C#CCC(CC)NC(=O)C(N)C(C)CC. The van der Waals surface area contributed by atoms with Gasteiger partial charge in [-0.2, -0.15) is 0 Å². The maximum absolute atomic E-state index is 11.7. The van der Waals surface area contributed by atoms with Gasteiger partial charge in [-0.25, -0.2) is 0 Å². The number of terminal acetylenes is 1. The average Bonchev–Trinajstić information content (AvgIpc) is 2.26. The van der Waals surface area contributed by atoms with E-state index in [9.17, 15) is 4.79 Å². The van der Waals surface area contributed by atoms with E-state index in [1.165, 1.54) is 0 Å². The molecule has 0 bridgehead atoms. The number of rotatable bonds is 6. The molecule has 0 aromatic carbocycles. The van der Waals surface area contributed by atoms with Crippen molar-refractivity contribution in [2.75, 3.05) is 0 Å². The van der Waals surface area contributed by atoms with Crippen LogP contribution in [0.3, 0.4) is 0 Å². The van der Waals surface area contributed by atoms with Crippen LogP contribution in [0.25, 0.3) is 0 Å². The number of nitrogens with one attached hydrogen (secondary N) is 1. The minimum atomic E-state index is -0.429. The van der Waals surface area contributed by atoms with Crippen LogP contribution in [-0.2, 0) is 4.79 Å². The zero-order valence-electron chi connectivity index (χ0n) is 9.92. The molecule has 3 heteroatoms. The molecule has 0 heterocycles. The second-order valence-corrected chi connectivity index (χ2v) is 3.93. The normalized spacial score (nSPS) is 16.2. The Labute approximate surface area is 92.8 Å². The number of amides is 1. The molecule has 3 N–H and O–H groups in total. The third-order valence-corrected chi connectivity index (χ3v) is 2.76. The van der Waals surface area contributed by atoms with E-state index in [0.29, 0.717) is 6.42 Å². The van der Waals surface area contributed by atoms with Crippen molar-refractivity contribution in [3.8, 4) is 12.3 Å². The summed E-state index contributed by atoms with van der Waals surface area (Å²) in [6.45, 7) is 6.00. The zero-order valence-corrected chi connectivity index (χ0v) is 9.92. The Bertz CT molecular complexity index is 232. The van der Waals surface area contributed by atoms with Crippen LogP contribution < -0.4 is 11.1 Å². The molecule has 0 rings (SSSR count). The zero-order chi connectivity index (χ0) is 11.8. The number of hydrogen-bond donors (Lipinski definition) is 2. The molecule has 3 unspecified atom stereocenters. The van der Waals surface area contributed by atoms with Crippen molar-refractivity contribution in [1.29, 1.82) is 0 Å². The monoisotopic (exact) mass is 210 g/mol. The predicted molar refractivity (Wildman–Crippen MR) is 63.1 cm³/mol. The van der Waals surface area contributed by atoms with E-state index in [1.807, 2.05) is 20.8 Å². The molecule has 0 aromatic rings. The van der Waals surface area contributed by atoms with E-state index < -0.39 is 6.04 Å². The van der Waals surface area contributed by atoms with Crippen molar-refractivity contribution >= 4 is 5.91 Å². The standard InChI is InChI=1S/C12H22N2O/c1-5-8-10(7-3)14-12(15)11(13)9(4)6-2/h1,9-11H,6-8,13H2,2-4H3,(H,14,15). The average molecular weight is 210 g/mol. The Hall–Kier alpha value is -1.01. The highest BCUT2D eigenvalue weighted by Crippen LogP contribution is 2.06. The van der Waals surface area contributed by atoms with E-state index in [0.717, 1.165) is 12.8 Å². The molecule has 0 aromatic heterocycles. The van der Waals surface area contributed by atoms with Crippen LogP contribution in [0.4, 0.5) is 0 Å². The number of carbonyl (C=O) groups excluding carboxylic acids is 1. The van der Waals surface area contributed by atoms with E-state index >= 15 is 0 Å². The van der Waals surface area contributed by atoms with Crippen molar-refractivity contribution in [1.82, 2.24) is 5.32 Å². The first-order valence-electron chi connectivity index (χ1n) is 5.56. The van der Waals surface area contributed by atoms with Crippen LogP contribution in [0.1, 0.15) is 40.0 Å². The maximum Gasteiger partial charge on any atom is 0.237 e. The lowest BCUT2D eigenvalue weighted by Crippen LogP contribution is -2.48. The summed E-state index contributed by atoms with van der Waals surface area (Å²) in [6.07, 6.45) is 7.51. The molecule has 0 radical (unpaired) electrons. The van der Waals surface area contributed by atoms with Crippen molar-refractivity contribution < 1.29 is 4.79 Å². The fourth-order valence-electron chi connectivity index (χ4n) is 1.25. The first-order valence-corrected chi connectivity index (χ1v) is 5.56. The molecule has 3 nitrogen and oxygen atoms in total. The molecule has 86 valence electrons. The van der Waals surface area contributed by atoms with Crippen LogP contribution in [-0.4, -0.2) is 18.0 Å². The summed E-state index contributed by atoms with van der Waals surface area (Å²) in [5.74, 6) is 2.66. The largest absolute Gasteiger partial charge is 0.351 e. The van der Waals surface area contributed by atoms with E-state index in [4.69, 9.17) is 12.2 Å². The van der Waals surface area contributed by atoms with Gasteiger partial charge in [-0.3, -0.25) is 4.79 Å². The van der Waals surface area contributed by atoms with Gasteiger partial charge in [-0.15, -0.1) is 12.3 Å². The van der Waals surface area contributed by atoms with Gasteiger partial charge in [0, 0.05) is 12.5 Å². The molecule has 0 aliphatic heterocycles. The molecule has 0 saturated heterocycles. The quantitative estimate of drug-likeness (QED) is 0.649. The lowest BCUT2D eigenvalue weighted by Gasteiger charge is -2.21. The summed E-state index contributed by atoms with van der Waals surface area (Å²) in [5.41, 5.74) is 5.81. The Morgan fingerprint density at radius 3 is 2.47 bits per heavy atom. The summed E-state index contributed by atoms with van der Waals surface area (Å²) in [6, 6.07) is -0.376. The van der Waals surface area contributed by atoms with Gasteiger partial charge in [-0.1, -0.05) is 27.2 Å². The molecule has 3 atom stereocenters. The predicted octanol–water partition coefficient (Wildman–Crippen LogP) is 1.28. The minimum absolute atomic E-state index is 0.0533. The van der Waals surface area contributed by atoms with Gasteiger partial charge in [0.1, 0.15) is 0 Å². The number of hydrogen-bond acceptors (Lipinski definition) is 2. The number of carbonyl (C=O) groups is 1. The van der Waals surface area contributed by atoms with Crippen LogP contribution in [0.2, 0.25) is 0 Å². The Morgan fingerprint density at radius 1 is 1.47 bits per heavy atom. The van der Waals surface area contributed by atoms with Crippen LogP contribution in [0, 0.1) is 18.3 Å². The Kier molecular flexibility index (Phi) is 6.81. The highest BCUT2D eigenvalue weighted by molar-refractivity contribution is 5.82.